The quantitative estimate of drug-likeness (QED) is 0.147. The van der Waals surface area contributed by atoms with E-state index in [2.05, 4.69) is 15.2 Å². The Balaban J connectivity index is 1.65. The van der Waals surface area contributed by atoms with E-state index < -0.39 is 14.9 Å². The lowest BCUT2D eigenvalue weighted by Crippen LogP contribution is -2.16. The number of non-ortho nitro benzene ring substituents is 1. The molecule has 9 nitrogen and oxygen atoms in total. The van der Waals surface area contributed by atoms with Gasteiger partial charge >= 0.3 is 0 Å². The molecule has 196 valence electrons. The van der Waals surface area contributed by atoms with Gasteiger partial charge in [0.25, 0.3) is 15.7 Å². The van der Waals surface area contributed by atoms with E-state index in [0.717, 1.165) is 39.8 Å². The highest BCUT2D eigenvalue weighted by molar-refractivity contribution is 7.92. The Kier molecular flexibility index (Phi) is 7.56. The fraction of sp³-hybridized carbons (Fsp3) is 0.148. The average molecular weight is 552 g/mol. The molecule has 1 aromatic heterocycles. The number of nitrogens with zero attached hydrogens (tertiary/aromatic N) is 3. The number of benzene rings is 3. The zero-order valence-electron chi connectivity index (χ0n) is 21.2. The summed E-state index contributed by atoms with van der Waals surface area (Å²) in [5.74, 6) is 0. The van der Waals surface area contributed by atoms with Gasteiger partial charge in [0.1, 0.15) is 4.90 Å². The van der Waals surface area contributed by atoms with E-state index >= 15 is 0 Å². The number of hydrogen-bond donors (Lipinski definition) is 2. The van der Waals surface area contributed by atoms with E-state index in [1.807, 2.05) is 61.7 Å². The van der Waals surface area contributed by atoms with Gasteiger partial charge in [-0.25, -0.2) is 8.42 Å². The number of halogens is 1. The number of sulfonamides is 1. The second-order valence-corrected chi connectivity index (χ2v) is 11.0. The van der Waals surface area contributed by atoms with Gasteiger partial charge in [-0.05, 0) is 75.7 Å². The number of nitro benzene ring substituents is 1. The van der Waals surface area contributed by atoms with Crippen molar-refractivity contribution in [3.05, 3.63) is 110 Å². The van der Waals surface area contributed by atoms with E-state index in [1.165, 1.54) is 12.1 Å². The van der Waals surface area contributed by atoms with Gasteiger partial charge in [-0.2, -0.15) is 5.10 Å². The minimum Gasteiger partial charge on any atom is -0.318 e. The Morgan fingerprint density at radius 1 is 0.947 bits per heavy atom. The van der Waals surface area contributed by atoms with Crippen molar-refractivity contribution in [2.24, 2.45) is 5.10 Å². The summed E-state index contributed by atoms with van der Waals surface area (Å²) in [5, 5.41) is 16.3. The molecule has 0 fully saturated rings. The monoisotopic (exact) mass is 551 g/mol. The highest BCUT2D eigenvalue weighted by Crippen LogP contribution is 2.29. The van der Waals surface area contributed by atoms with Crippen molar-refractivity contribution >= 4 is 44.9 Å². The molecule has 4 rings (SSSR count). The zero-order valence-corrected chi connectivity index (χ0v) is 22.8. The summed E-state index contributed by atoms with van der Waals surface area (Å²) in [6.07, 6.45) is 1.57. The lowest BCUT2D eigenvalue weighted by molar-refractivity contribution is -0.385. The number of hydrogen-bond acceptors (Lipinski definition) is 6. The van der Waals surface area contributed by atoms with E-state index in [9.17, 15) is 18.5 Å². The molecule has 0 unspecified atom stereocenters. The topological polar surface area (TPSA) is 119 Å². The highest BCUT2D eigenvalue weighted by Gasteiger charge is 2.23. The third-order valence-corrected chi connectivity index (χ3v) is 7.69. The SMILES string of the molecule is Cc1ccc(NS(=O)(=O)c2cc([N+](=O)[O-])ccc2NN=Cc2cc(C)n(-c3ccc(Cl)cc3)c2C)c(C)c1. The number of aryl methyl sites for hydroxylation is 3. The summed E-state index contributed by atoms with van der Waals surface area (Å²) in [5.41, 5.74) is 8.22. The van der Waals surface area contributed by atoms with Crippen LogP contribution in [0.5, 0.6) is 0 Å². The van der Waals surface area contributed by atoms with Crippen LogP contribution in [-0.4, -0.2) is 24.1 Å². The van der Waals surface area contributed by atoms with Crippen LogP contribution in [0, 0.1) is 37.8 Å². The lowest BCUT2D eigenvalue weighted by atomic mass is 10.1. The van der Waals surface area contributed by atoms with E-state index in [4.69, 9.17) is 11.6 Å². The molecule has 0 aliphatic heterocycles. The summed E-state index contributed by atoms with van der Waals surface area (Å²) in [6, 6.07) is 18.2. The summed E-state index contributed by atoms with van der Waals surface area (Å²) in [7, 11) is -4.19. The smallest absolute Gasteiger partial charge is 0.270 e. The molecule has 0 aliphatic rings. The lowest BCUT2D eigenvalue weighted by Gasteiger charge is -2.14. The molecule has 0 aliphatic carbocycles. The Hall–Kier alpha value is -4.15. The van der Waals surface area contributed by atoms with Crippen molar-refractivity contribution in [2.45, 2.75) is 32.6 Å². The molecule has 38 heavy (non-hydrogen) atoms. The van der Waals surface area contributed by atoms with Crippen LogP contribution in [0.1, 0.15) is 28.1 Å². The zero-order chi connectivity index (χ0) is 27.6. The first-order chi connectivity index (χ1) is 18.0. The molecule has 0 atom stereocenters. The molecule has 3 aromatic carbocycles. The number of aromatic nitrogens is 1. The Labute approximate surface area is 226 Å². The van der Waals surface area contributed by atoms with Crippen LogP contribution < -0.4 is 10.1 Å². The number of hydrazone groups is 1. The van der Waals surface area contributed by atoms with Gasteiger partial charge in [0, 0.05) is 39.8 Å². The summed E-state index contributed by atoms with van der Waals surface area (Å²) in [6.45, 7) is 7.59. The van der Waals surface area contributed by atoms with Gasteiger partial charge in [0.15, 0.2) is 0 Å². The van der Waals surface area contributed by atoms with Gasteiger partial charge < -0.3 is 4.57 Å². The molecule has 11 heteroatoms. The average Bonchev–Trinajstić information content (AvgIpc) is 3.14. The molecule has 1 heterocycles. The molecule has 0 bridgehead atoms. The molecular formula is C27H26ClN5O4S. The first-order valence-corrected chi connectivity index (χ1v) is 13.4. The minimum absolute atomic E-state index is 0.0932. The fourth-order valence-corrected chi connectivity index (χ4v) is 5.58. The van der Waals surface area contributed by atoms with Gasteiger partial charge in [-0.15, -0.1) is 0 Å². The number of nitro groups is 1. The number of rotatable bonds is 8. The van der Waals surface area contributed by atoms with Gasteiger partial charge in [0.05, 0.1) is 22.5 Å². The molecule has 0 amide bonds. The van der Waals surface area contributed by atoms with Crippen molar-refractivity contribution in [1.29, 1.82) is 0 Å². The molecule has 4 aromatic rings. The first kappa shape index (κ1) is 26.9. The second-order valence-electron chi connectivity index (χ2n) is 8.87. The van der Waals surface area contributed by atoms with Crippen LogP contribution >= 0.6 is 11.6 Å². The standard InChI is InChI=1S/C27H26ClN5O4S/c1-17-5-11-25(18(2)13-17)31-38(36,37)27-15-24(33(34)35)10-12-26(27)30-29-16-21-14-19(3)32(20(21)4)23-8-6-22(28)7-9-23/h5-16,30-31H,1-4H3. The van der Waals surface area contributed by atoms with Crippen LogP contribution in [0.15, 0.2) is 76.7 Å². The molecule has 0 saturated heterocycles. The number of anilines is 2. The van der Waals surface area contributed by atoms with Gasteiger partial charge in [-0.3, -0.25) is 20.3 Å². The van der Waals surface area contributed by atoms with Crippen LogP contribution in [-0.2, 0) is 10.0 Å². The summed E-state index contributed by atoms with van der Waals surface area (Å²) >= 11 is 6.02. The largest absolute Gasteiger partial charge is 0.318 e. The van der Waals surface area contributed by atoms with Crippen molar-refractivity contribution in [3.8, 4) is 5.69 Å². The molecule has 0 radical (unpaired) electrons. The third kappa shape index (κ3) is 5.71. The molecule has 2 N–H and O–H groups in total. The molecule has 0 spiro atoms. The third-order valence-electron chi connectivity index (χ3n) is 6.04. The minimum atomic E-state index is -4.19. The normalized spacial score (nSPS) is 11.6. The van der Waals surface area contributed by atoms with Gasteiger partial charge in [-0.1, -0.05) is 29.3 Å². The van der Waals surface area contributed by atoms with Crippen molar-refractivity contribution in [3.63, 3.8) is 0 Å². The predicted octanol–water partition coefficient (Wildman–Crippen LogP) is 6.52. The fourth-order valence-electron chi connectivity index (χ4n) is 4.14. The van der Waals surface area contributed by atoms with E-state index in [-0.39, 0.29) is 16.3 Å². The summed E-state index contributed by atoms with van der Waals surface area (Å²) in [4.78, 5) is 10.4. The van der Waals surface area contributed by atoms with Crippen LogP contribution in [0.25, 0.3) is 5.69 Å². The first-order valence-electron chi connectivity index (χ1n) is 11.6. The van der Waals surface area contributed by atoms with Crippen molar-refractivity contribution < 1.29 is 13.3 Å². The van der Waals surface area contributed by atoms with Crippen LogP contribution in [0.2, 0.25) is 5.02 Å². The second kappa shape index (κ2) is 10.7. The molecular weight excluding hydrogens is 526 g/mol. The maximum Gasteiger partial charge on any atom is 0.270 e. The molecule has 0 saturated carbocycles. The van der Waals surface area contributed by atoms with E-state index in [1.54, 1.807) is 25.3 Å². The highest BCUT2D eigenvalue weighted by atomic mass is 35.5. The van der Waals surface area contributed by atoms with Crippen LogP contribution in [0.3, 0.4) is 0 Å². The Bertz CT molecular complexity index is 1660. The Morgan fingerprint density at radius 2 is 1.63 bits per heavy atom. The maximum absolute atomic E-state index is 13.3. The summed E-state index contributed by atoms with van der Waals surface area (Å²) < 4.78 is 31.2. The van der Waals surface area contributed by atoms with E-state index in [0.29, 0.717) is 10.7 Å². The maximum atomic E-state index is 13.3. The van der Waals surface area contributed by atoms with Crippen molar-refractivity contribution in [1.82, 2.24) is 4.57 Å². The Morgan fingerprint density at radius 3 is 2.29 bits per heavy atom. The van der Waals surface area contributed by atoms with Crippen molar-refractivity contribution in [2.75, 3.05) is 10.1 Å². The van der Waals surface area contributed by atoms with Gasteiger partial charge in [0.2, 0.25) is 0 Å². The predicted molar refractivity (Wildman–Crippen MR) is 151 cm³/mol. The van der Waals surface area contributed by atoms with Crippen LogP contribution in [0.4, 0.5) is 17.1 Å². The number of nitrogens with one attached hydrogen (secondary N) is 2.